The number of piperazine rings is 1. The van der Waals surface area contributed by atoms with Gasteiger partial charge in [0.1, 0.15) is 12.4 Å². The Hall–Kier alpha value is -1.55. The van der Waals surface area contributed by atoms with Crippen molar-refractivity contribution in [1.29, 1.82) is 5.26 Å². The van der Waals surface area contributed by atoms with Gasteiger partial charge in [0, 0.05) is 54.1 Å². The molecule has 218 valence electrons. The summed E-state index contributed by atoms with van der Waals surface area (Å²) >= 11 is 1.73. The second kappa shape index (κ2) is 12.0. The number of halogens is 1. The van der Waals surface area contributed by atoms with Gasteiger partial charge in [-0.2, -0.15) is 5.26 Å². The molecule has 1 spiro atoms. The molecule has 3 saturated heterocycles. The van der Waals surface area contributed by atoms with Crippen molar-refractivity contribution in [3.05, 3.63) is 42.5 Å². The van der Waals surface area contributed by atoms with Gasteiger partial charge in [-0.05, 0) is 57.8 Å². The average Bonchev–Trinajstić information content (AvgIpc) is 3.50. The summed E-state index contributed by atoms with van der Waals surface area (Å²) in [6, 6.07) is 10.7. The topological polar surface area (TPSA) is 87.0 Å². The number of rotatable bonds is 7. The lowest BCUT2D eigenvalue weighted by molar-refractivity contribution is -0.117. The predicted molar refractivity (Wildman–Crippen MR) is 154 cm³/mol. The Bertz CT molecular complexity index is 1110. The van der Waals surface area contributed by atoms with Crippen molar-refractivity contribution in [1.82, 2.24) is 25.3 Å². The number of ether oxygens (including phenoxy) is 1. The van der Waals surface area contributed by atoms with Crippen molar-refractivity contribution in [3.63, 3.8) is 0 Å². The standard InChI is InChI=1S/C30H43FN6O2S/c1-3-26(38)37-16-15-36(18-20(37)11-13-32)28-22-10-12-30(27(31)23-8-4-5-9-25(23)40-30)17-24(22)33-29(34-28)39-19-21-7-6-14-35(21)2/h3-5,8-9,20-22,24,26-29,33-34,38H,1,6-7,10-12,14-19H2,2H3/t20?,21?,22?,24?,26?,27?,28?,29?,30-/m1/s1. The number of alkyl halides is 1. The molecule has 6 rings (SSSR count). The Kier molecular flexibility index (Phi) is 8.55. The molecule has 1 aliphatic carbocycles. The van der Waals surface area contributed by atoms with E-state index in [9.17, 15) is 10.4 Å². The molecular formula is C30H43FN6O2S. The molecule has 1 aromatic carbocycles. The zero-order valence-electron chi connectivity index (χ0n) is 23.4. The Morgan fingerprint density at radius 2 is 2.12 bits per heavy atom. The number of nitrogens with zero attached hydrogens (tertiary/aromatic N) is 4. The lowest BCUT2D eigenvalue weighted by Crippen LogP contribution is -2.73. The summed E-state index contributed by atoms with van der Waals surface area (Å²) in [5.41, 5.74) is 0.838. The molecule has 4 fully saturated rings. The van der Waals surface area contributed by atoms with E-state index in [-0.39, 0.29) is 30.5 Å². The maximum absolute atomic E-state index is 16.1. The molecule has 10 heteroatoms. The van der Waals surface area contributed by atoms with E-state index >= 15 is 4.39 Å². The SMILES string of the molecule is C=CC(O)N1CCN(C2NC(OCC3CCCN3C)NC3C[C@@]4(CCC32)Sc2ccccc2C4F)CC1CC#N. The largest absolute Gasteiger partial charge is 0.375 e. The fourth-order valence-electron chi connectivity index (χ4n) is 7.77. The molecular weight excluding hydrogens is 527 g/mol. The van der Waals surface area contributed by atoms with Gasteiger partial charge < -0.3 is 14.7 Å². The first-order valence-electron chi connectivity index (χ1n) is 14.9. The van der Waals surface area contributed by atoms with Crippen LogP contribution in [0.3, 0.4) is 0 Å². The van der Waals surface area contributed by atoms with Gasteiger partial charge in [-0.25, -0.2) is 4.39 Å². The van der Waals surface area contributed by atoms with E-state index in [1.54, 1.807) is 11.8 Å². The third-order valence-electron chi connectivity index (χ3n) is 10.0. The lowest BCUT2D eigenvalue weighted by Gasteiger charge is -2.55. The van der Waals surface area contributed by atoms with Gasteiger partial charge in [-0.3, -0.25) is 20.4 Å². The number of hydrogen-bond acceptors (Lipinski definition) is 9. The quantitative estimate of drug-likeness (QED) is 0.428. The van der Waals surface area contributed by atoms with E-state index in [0.29, 0.717) is 32.2 Å². The fourth-order valence-corrected chi connectivity index (χ4v) is 9.35. The molecule has 9 atom stereocenters. The highest BCUT2D eigenvalue weighted by Crippen LogP contribution is 2.61. The van der Waals surface area contributed by atoms with Crippen LogP contribution in [0, 0.1) is 17.2 Å². The molecule has 1 saturated carbocycles. The van der Waals surface area contributed by atoms with E-state index in [2.05, 4.69) is 46.2 Å². The molecule has 3 N–H and O–H groups in total. The summed E-state index contributed by atoms with van der Waals surface area (Å²) < 4.78 is 22.1. The molecule has 0 aromatic heterocycles. The minimum absolute atomic E-state index is 0.0472. The molecule has 8 unspecified atom stereocenters. The van der Waals surface area contributed by atoms with E-state index in [4.69, 9.17) is 4.74 Å². The maximum Gasteiger partial charge on any atom is 0.164 e. The van der Waals surface area contributed by atoms with E-state index < -0.39 is 17.1 Å². The highest BCUT2D eigenvalue weighted by molar-refractivity contribution is 8.01. The predicted octanol–water partition coefficient (Wildman–Crippen LogP) is 3.03. The van der Waals surface area contributed by atoms with Crippen molar-refractivity contribution in [3.8, 4) is 6.07 Å². The van der Waals surface area contributed by atoms with Crippen LogP contribution >= 0.6 is 11.8 Å². The van der Waals surface area contributed by atoms with Crippen LogP contribution in [0.15, 0.2) is 41.8 Å². The van der Waals surface area contributed by atoms with E-state index in [1.165, 1.54) is 12.5 Å². The zero-order chi connectivity index (χ0) is 27.9. The zero-order valence-corrected chi connectivity index (χ0v) is 24.2. The summed E-state index contributed by atoms with van der Waals surface area (Å²) in [6.45, 7) is 7.61. The van der Waals surface area contributed by atoms with E-state index in [1.807, 2.05) is 23.1 Å². The Balaban J connectivity index is 1.22. The Labute approximate surface area is 241 Å². The molecule has 0 amide bonds. The number of likely N-dealkylation sites (N-methyl/N-ethyl adjacent to an activating group) is 1. The first-order valence-corrected chi connectivity index (χ1v) is 15.7. The Morgan fingerprint density at radius 3 is 2.88 bits per heavy atom. The van der Waals surface area contributed by atoms with Crippen LogP contribution in [-0.2, 0) is 4.74 Å². The molecule has 5 aliphatic rings. The molecule has 0 bridgehead atoms. The summed E-state index contributed by atoms with van der Waals surface area (Å²) in [5.74, 6) is 0.287. The third-order valence-corrected chi connectivity index (χ3v) is 11.6. The van der Waals surface area contributed by atoms with Crippen molar-refractivity contribution in [2.24, 2.45) is 5.92 Å². The first kappa shape index (κ1) is 28.6. The number of likely N-dealkylation sites (tertiary alicyclic amines) is 1. The van der Waals surface area contributed by atoms with Gasteiger partial charge in [0.2, 0.25) is 0 Å². The monoisotopic (exact) mass is 570 g/mol. The number of nitrogens with one attached hydrogen (secondary N) is 2. The molecule has 40 heavy (non-hydrogen) atoms. The number of hydrogen-bond donors (Lipinski definition) is 3. The molecule has 1 aromatic rings. The number of fused-ring (bicyclic) bond motifs is 2. The van der Waals surface area contributed by atoms with Crippen LogP contribution in [0.2, 0.25) is 0 Å². The molecule has 0 radical (unpaired) electrons. The summed E-state index contributed by atoms with van der Waals surface area (Å²) in [4.78, 5) is 7.86. The van der Waals surface area contributed by atoms with Crippen LogP contribution in [0.25, 0.3) is 0 Å². The summed E-state index contributed by atoms with van der Waals surface area (Å²) in [6.07, 6.45) is 4.69. The van der Waals surface area contributed by atoms with Crippen LogP contribution < -0.4 is 10.6 Å². The van der Waals surface area contributed by atoms with Gasteiger partial charge in [-0.15, -0.1) is 11.8 Å². The first-order chi connectivity index (χ1) is 19.4. The van der Waals surface area contributed by atoms with E-state index in [0.717, 1.165) is 49.2 Å². The van der Waals surface area contributed by atoms with Gasteiger partial charge in [0.25, 0.3) is 0 Å². The summed E-state index contributed by atoms with van der Waals surface area (Å²) in [5, 5.41) is 27.6. The van der Waals surface area contributed by atoms with Crippen molar-refractivity contribution in [2.45, 2.75) is 91.2 Å². The minimum atomic E-state index is -0.972. The van der Waals surface area contributed by atoms with Gasteiger partial charge in [0.05, 0.1) is 30.0 Å². The highest BCUT2D eigenvalue weighted by atomic mass is 32.2. The second-order valence-corrected chi connectivity index (χ2v) is 13.7. The second-order valence-electron chi connectivity index (χ2n) is 12.2. The number of benzene rings is 1. The molecule has 4 heterocycles. The average molecular weight is 571 g/mol. The molecule has 8 nitrogen and oxygen atoms in total. The van der Waals surface area contributed by atoms with Crippen LogP contribution in [0.5, 0.6) is 0 Å². The molecule has 4 aliphatic heterocycles. The number of nitriles is 1. The lowest BCUT2D eigenvalue weighted by atomic mass is 9.72. The smallest absolute Gasteiger partial charge is 0.164 e. The minimum Gasteiger partial charge on any atom is -0.375 e. The van der Waals surface area contributed by atoms with Crippen molar-refractivity contribution in [2.75, 3.05) is 39.8 Å². The summed E-state index contributed by atoms with van der Waals surface area (Å²) in [7, 11) is 2.16. The van der Waals surface area contributed by atoms with Crippen LogP contribution in [0.1, 0.15) is 50.3 Å². The fraction of sp³-hybridized carbons (Fsp3) is 0.700. The maximum atomic E-state index is 16.1. The third kappa shape index (κ3) is 5.36. The van der Waals surface area contributed by atoms with Gasteiger partial charge in [-0.1, -0.05) is 24.8 Å². The number of thioether (sulfide) groups is 1. The normalized spacial score (nSPS) is 39.5. The number of aliphatic hydroxyl groups excluding tert-OH is 1. The van der Waals surface area contributed by atoms with Crippen LogP contribution in [-0.4, -0.2) is 101 Å². The highest BCUT2D eigenvalue weighted by Gasteiger charge is 2.55. The van der Waals surface area contributed by atoms with Gasteiger partial charge >= 0.3 is 0 Å². The van der Waals surface area contributed by atoms with Gasteiger partial charge in [0.15, 0.2) is 6.35 Å². The number of aliphatic hydroxyl groups is 1. The Morgan fingerprint density at radius 1 is 1.27 bits per heavy atom. The van der Waals surface area contributed by atoms with Crippen LogP contribution in [0.4, 0.5) is 4.39 Å². The van der Waals surface area contributed by atoms with Crippen molar-refractivity contribution < 1.29 is 14.2 Å². The van der Waals surface area contributed by atoms with Crippen molar-refractivity contribution >= 4 is 11.8 Å².